The van der Waals surface area contributed by atoms with Gasteiger partial charge < -0.3 is 5.11 Å². The van der Waals surface area contributed by atoms with E-state index in [2.05, 4.69) is 32.6 Å². The van der Waals surface area contributed by atoms with Crippen LogP contribution in [0, 0.1) is 0 Å². The molecule has 4 aromatic rings. The lowest BCUT2D eigenvalue weighted by molar-refractivity contribution is -0.137. The van der Waals surface area contributed by atoms with Crippen LogP contribution in [0.5, 0.6) is 0 Å². The van der Waals surface area contributed by atoms with Crippen molar-refractivity contribution in [1.82, 2.24) is 35.0 Å². The van der Waals surface area contributed by atoms with E-state index in [9.17, 15) is 9.59 Å². The predicted molar refractivity (Wildman–Crippen MR) is 135 cm³/mol. The molecule has 10 heteroatoms. The third-order valence-corrected chi connectivity index (χ3v) is 6.13. The molecular weight excluding hydrogens is 458 g/mol. The average molecular weight is 490 g/mol. The second-order valence-electron chi connectivity index (χ2n) is 8.79. The Bertz CT molecular complexity index is 1320. The summed E-state index contributed by atoms with van der Waals surface area (Å²) in [6.07, 6.45) is 4.96. The fourth-order valence-corrected chi connectivity index (χ4v) is 4.20. The monoisotopic (exact) mass is 489 g/mol. The minimum Gasteiger partial charge on any atom is -0.481 e. The van der Waals surface area contributed by atoms with E-state index < -0.39 is 5.97 Å². The Labute approximate surface area is 209 Å². The third kappa shape index (κ3) is 6.12. The molecule has 0 spiro atoms. The maximum absolute atomic E-state index is 13.1. The van der Waals surface area contributed by atoms with E-state index in [-0.39, 0.29) is 12.1 Å². The minimum atomic E-state index is -0.789. The molecule has 0 aliphatic heterocycles. The van der Waals surface area contributed by atoms with Crippen LogP contribution >= 0.6 is 0 Å². The second-order valence-corrected chi connectivity index (χ2v) is 8.79. The molecule has 10 nitrogen and oxygen atoms in total. The van der Waals surface area contributed by atoms with Gasteiger partial charge in [0.1, 0.15) is 5.82 Å². The normalized spacial score (nSPS) is 11.1. The quantitative estimate of drug-likeness (QED) is 0.272. The van der Waals surface area contributed by atoms with E-state index in [0.29, 0.717) is 25.3 Å². The highest BCUT2D eigenvalue weighted by molar-refractivity contribution is 5.80. The van der Waals surface area contributed by atoms with Gasteiger partial charge >= 0.3 is 11.7 Å². The number of carbonyl (C=O) groups is 1. The third-order valence-electron chi connectivity index (χ3n) is 6.13. The molecule has 0 fully saturated rings. The Morgan fingerprint density at radius 2 is 1.78 bits per heavy atom. The standard InChI is InChI=1S/C26H31N7O3/c1-2-3-11-23-29-33(17-8-4-5-12-24(34)35)26(36)32(23)18-19-13-15-20(16-14-19)21-9-6-7-10-22(21)25-27-30-31-28-25/h6-7,9-10,13-16H,2-5,8,11-12,17-18H2,1H3,(H,34,35)(H,27,28,30,31). The Hall–Kier alpha value is -4.08. The summed E-state index contributed by atoms with van der Waals surface area (Å²) in [4.78, 5) is 23.8. The summed E-state index contributed by atoms with van der Waals surface area (Å²) in [7, 11) is 0. The highest BCUT2D eigenvalue weighted by Crippen LogP contribution is 2.29. The molecule has 2 heterocycles. The van der Waals surface area contributed by atoms with Crippen molar-refractivity contribution in [1.29, 1.82) is 0 Å². The SMILES string of the molecule is CCCCc1nn(CCCCCC(=O)O)c(=O)n1Cc1ccc(-c2ccccc2-c2nn[nH]n2)cc1. The fourth-order valence-electron chi connectivity index (χ4n) is 4.20. The van der Waals surface area contributed by atoms with Crippen LogP contribution < -0.4 is 5.69 Å². The number of hydrogen-bond donors (Lipinski definition) is 2. The zero-order valence-electron chi connectivity index (χ0n) is 20.4. The number of tetrazole rings is 1. The van der Waals surface area contributed by atoms with Gasteiger partial charge in [-0.1, -0.05) is 68.3 Å². The van der Waals surface area contributed by atoms with Crippen LogP contribution in [-0.2, 0) is 24.3 Å². The van der Waals surface area contributed by atoms with Crippen molar-refractivity contribution in [3.8, 4) is 22.5 Å². The number of benzene rings is 2. The number of H-pyrrole nitrogens is 1. The molecule has 2 aromatic carbocycles. The zero-order chi connectivity index (χ0) is 25.3. The van der Waals surface area contributed by atoms with Gasteiger partial charge in [0.2, 0.25) is 5.82 Å². The van der Waals surface area contributed by atoms with Gasteiger partial charge in [-0.15, -0.1) is 10.2 Å². The van der Waals surface area contributed by atoms with Crippen molar-refractivity contribution in [3.05, 3.63) is 70.4 Å². The minimum absolute atomic E-state index is 0.120. The number of unbranched alkanes of at least 4 members (excludes halogenated alkanes) is 3. The topological polar surface area (TPSA) is 132 Å². The molecule has 2 aromatic heterocycles. The van der Waals surface area contributed by atoms with E-state index in [1.807, 2.05) is 48.5 Å². The molecule has 188 valence electrons. The van der Waals surface area contributed by atoms with E-state index in [4.69, 9.17) is 5.11 Å². The molecule has 36 heavy (non-hydrogen) atoms. The molecule has 0 radical (unpaired) electrons. The number of aromatic amines is 1. The summed E-state index contributed by atoms with van der Waals surface area (Å²) >= 11 is 0. The summed E-state index contributed by atoms with van der Waals surface area (Å²) in [5, 5.41) is 27.8. The summed E-state index contributed by atoms with van der Waals surface area (Å²) < 4.78 is 3.29. The first-order valence-corrected chi connectivity index (χ1v) is 12.4. The van der Waals surface area contributed by atoms with Crippen molar-refractivity contribution in [2.24, 2.45) is 0 Å². The smallest absolute Gasteiger partial charge is 0.346 e. The summed E-state index contributed by atoms with van der Waals surface area (Å²) in [6, 6.07) is 16.0. The van der Waals surface area contributed by atoms with Gasteiger partial charge in [-0.3, -0.25) is 9.36 Å². The number of carboxylic acid groups (broad SMARTS) is 1. The molecule has 0 unspecified atom stereocenters. The highest BCUT2D eigenvalue weighted by Gasteiger charge is 2.15. The zero-order valence-corrected chi connectivity index (χ0v) is 20.4. The van der Waals surface area contributed by atoms with E-state index in [1.165, 1.54) is 4.68 Å². The molecule has 0 amide bonds. The number of rotatable bonds is 13. The van der Waals surface area contributed by atoms with E-state index in [0.717, 1.165) is 60.2 Å². The number of carboxylic acids is 1. The van der Waals surface area contributed by atoms with Gasteiger partial charge in [-0.25, -0.2) is 9.48 Å². The number of aryl methyl sites for hydroxylation is 2. The largest absolute Gasteiger partial charge is 0.481 e. The molecule has 4 rings (SSSR count). The van der Waals surface area contributed by atoms with Crippen molar-refractivity contribution in [2.75, 3.05) is 0 Å². The van der Waals surface area contributed by atoms with Crippen molar-refractivity contribution < 1.29 is 9.90 Å². The Kier molecular flexibility index (Phi) is 8.38. The van der Waals surface area contributed by atoms with Crippen LogP contribution in [-0.4, -0.2) is 46.0 Å². The number of nitrogens with zero attached hydrogens (tertiary/aromatic N) is 6. The van der Waals surface area contributed by atoms with Gasteiger partial charge in [0.15, 0.2) is 0 Å². The Morgan fingerprint density at radius 3 is 2.47 bits per heavy atom. The van der Waals surface area contributed by atoms with Gasteiger partial charge in [0.05, 0.1) is 6.54 Å². The summed E-state index contributed by atoms with van der Waals surface area (Å²) in [5.74, 6) is 0.540. The lowest BCUT2D eigenvalue weighted by Gasteiger charge is -2.09. The van der Waals surface area contributed by atoms with E-state index >= 15 is 0 Å². The Balaban J connectivity index is 1.51. The summed E-state index contributed by atoms with van der Waals surface area (Å²) in [5.41, 5.74) is 3.81. The van der Waals surface area contributed by atoms with Crippen molar-refractivity contribution in [2.45, 2.75) is 65.0 Å². The molecule has 0 atom stereocenters. The average Bonchev–Trinajstić information content (AvgIpc) is 3.52. The van der Waals surface area contributed by atoms with Crippen LogP contribution in [0.3, 0.4) is 0 Å². The first-order valence-electron chi connectivity index (χ1n) is 12.4. The highest BCUT2D eigenvalue weighted by atomic mass is 16.4. The first-order chi connectivity index (χ1) is 17.6. The molecule has 0 aliphatic carbocycles. The van der Waals surface area contributed by atoms with Crippen molar-refractivity contribution in [3.63, 3.8) is 0 Å². The lowest BCUT2D eigenvalue weighted by atomic mass is 9.98. The van der Waals surface area contributed by atoms with Crippen LogP contribution in [0.15, 0.2) is 53.3 Å². The number of aromatic nitrogens is 7. The summed E-state index contributed by atoms with van der Waals surface area (Å²) in [6.45, 7) is 3.06. The van der Waals surface area contributed by atoms with Gasteiger partial charge in [-0.05, 0) is 41.2 Å². The predicted octanol–water partition coefficient (Wildman–Crippen LogP) is 3.93. The number of aliphatic carboxylic acids is 1. The van der Waals surface area contributed by atoms with Crippen LogP contribution in [0.4, 0.5) is 0 Å². The molecule has 0 saturated heterocycles. The van der Waals surface area contributed by atoms with E-state index in [1.54, 1.807) is 4.57 Å². The first kappa shape index (κ1) is 25.0. The fraction of sp³-hybridized carbons (Fsp3) is 0.385. The lowest BCUT2D eigenvalue weighted by Crippen LogP contribution is -2.26. The molecule has 0 aliphatic rings. The number of hydrogen-bond acceptors (Lipinski definition) is 6. The molecule has 2 N–H and O–H groups in total. The van der Waals surface area contributed by atoms with Gasteiger partial charge in [0, 0.05) is 24.9 Å². The molecular formula is C26H31N7O3. The molecule has 0 saturated carbocycles. The maximum atomic E-state index is 13.1. The maximum Gasteiger partial charge on any atom is 0.346 e. The number of nitrogens with one attached hydrogen (secondary N) is 1. The van der Waals surface area contributed by atoms with Crippen LogP contribution in [0.2, 0.25) is 0 Å². The van der Waals surface area contributed by atoms with Crippen LogP contribution in [0.1, 0.15) is 56.8 Å². The Morgan fingerprint density at radius 1 is 1.00 bits per heavy atom. The van der Waals surface area contributed by atoms with Crippen LogP contribution in [0.25, 0.3) is 22.5 Å². The van der Waals surface area contributed by atoms with Crippen molar-refractivity contribution >= 4 is 5.97 Å². The van der Waals surface area contributed by atoms with Gasteiger partial charge in [-0.2, -0.15) is 10.3 Å². The second kappa shape index (κ2) is 12.1. The molecule has 0 bridgehead atoms. The van der Waals surface area contributed by atoms with Gasteiger partial charge in [0.25, 0.3) is 0 Å².